The molecule has 2 heterocycles. The smallest absolute Gasteiger partial charge is 0.327 e. The number of nitrogens with zero attached hydrogens (tertiary/aromatic N) is 3. The molecule has 0 unspecified atom stereocenters. The SMILES string of the molecule is CCCCOc1nc(N)c2[nH]c(=O)n(CCSc3cccc(OC(C)=O)c3)c2n1. The third kappa shape index (κ3) is 5.29. The predicted molar refractivity (Wildman–Crippen MR) is 111 cm³/mol. The lowest BCUT2D eigenvalue weighted by Gasteiger charge is -2.07. The molecule has 0 aliphatic rings. The molecular weight excluding hydrogens is 394 g/mol. The van der Waals surface area contributed by atoms with Gasteiger partial charge < -0.3 is 20.2 Å². The first-order valence-electron chi connectivity index (χ1n) is 9.28. The van der Waals surface area contributed by atoms with Crippen molar-refractivity contribution in [2.75, 3.05) is 18.1 Å². The van der Waals surface area contributed by atoms with Gasteiger partial charge in [0.2, 0.25) is 0 Å². The predicted octanol–water partition coefficient (Wildman–Crippen LogP) is 2.60. The largest absolute Gasteiger partial charge is 0.463 e. The van der Waals surface area contributed by atoms with E-state index < -0.39 is 0 Å². The van der Waals surface area contributed by atoms with Crippen LogP contribution in [0, 0.1) is 0 Å². The Balaban J connectivity index is 1.73. The number of esters is 1. The maximum absolute atomic E-state index is 12.4. The molecule has 0 spiro atoms. The quantitative estimate of drug-likeness (QED) is 0.236. The van der Waals surface area contributed by atoms with Gasteiger partial charge in [0.1, 0.15) is 11.3 Å². The van der Waals surface area contributed by atoms with Gasteiger partial charge in [0, 0.05) is 24.1 Å². The summed E-state index contributed by atoms with van der Waals surface area (Å²) in [4.78, 5) is 35.5. The van der Waals surface area contributed by atoms with Crippen molar-refractivity contribution >= 4 is 34.7 Å². The van der Waals surface area contributed by atoms with Gasteiger partial charge in [-0.1, -0.05) is 19.4 Å². The molecule has 0 bridgehead atoms. The third-order valence-corrected chi connectivity index (χ3v) is 4.98. The number of hydrogen-bond acceptors (Lipinski definition) is 8. The van der Waals surface area contributed by atoms with Crippen LogP contribution in [-0.2, 0) is 11.3 Å². The highest BCUT2D eigenvalue weighted by Crippen LogP contribution is 2.24. The normalized spacial score (nSPS) is 11.0. The zero-order chi connectivity index (χ0) is 20.8. The van der Waals surface area contributed by atoms with Crippen molar-refractivity contribution in [1.29, 1.82) is 0 Å². The summed E-state index contributed by atoms with van der Waals surface area (Å²) in [5.41, 5.74) is 6.48. The van der Waals surface area contributed by atoms with Crippen LogP contribution in [0.1, 0.15) is 26.7 Å². The molecular formula is C19H23N5O4S. The Morgan fingerprint density at radius 2 is 2.17 bits per heavy atom. The number of unbranched alkanes of at least 4 members (excludes halogenated alkanes) is 1. The number of imidazole rings is 1. The summed E-state index contributed by atoms with van der Waals surface area (Å²) in [6.07, 6.45) is 1.87. The second-order valence-corrected chi connectivity index (χ2v) is 7.46. The second kappa shape index (κ2) is 9.46. The molecule has 0 aliphatic carbocycles. The molecule has 3 aromatic rings. The molecule has 9 nitrogen and oxygen atoms in total. The van der Waals surface area contributed by atoms with Crippen LogP contribution in [0.4, 0.5) is 5.82 Å². The van der Waals surface area contributed by atoms with E-state index in [9.17, 15) is 9.59 Å². The van der Waals surface area contributed by atoms with E-state index in [-0.39, 0.29) is 23.5 Å². The minimum Gasteiger partial charge on any atom is -0.463 e. The number of aryl methyl sites for hydroxylation is 1. The number of thioether (sulfide) groups is 1. The summed E-state index contributed by atoms with van der Waals surface area (Å²) in [5, 5.41) is 0. The minimum absolute atomic E-state index is 0.165. The van der Waals surface area contributed by atoms with E-state index in [4.69, 9.17) is 15.2 Å². The molecule has 0 amide bonds. The van der Waals surface area contributed by atoms with Crippen LogP contribution in [0.3, 0.4) is 0 Å². The monoisotopic (exact) mass is 417 g/mol. The van der Waals surface area contributed by atoms with Gasteiger partial charge in [0.15, 0.2) is 11.5 Å². The van der Waals surface area contributed by atoms with Crippen LogP contribution in [0.2, 0.25) is 0 Å². The van der Waals surface area contributed by atoms with Crippen LogP contribution in [0.25, 0.3) is 11.2 Å². The third-order valence-electron chi connectivity index (χ3n) is 4.01. The van der Waals surface area contributed by atoms with Crippen LogP contribution in [0.5, 0.6) is 11.8 Å². The fourth-order valence-electron chi connectivity index (χ4n) is 2.66. The number of carbonyl (C=O) groups excluding carboxylic acids is 1. The molecule has 0 saturated heterocycles. The Bertz CT molecular complexity index is 1060. The van der Waals surface area contributed by atoms with Gasteiger partial charge in [0.25, 0.3) is 0 Å². The number of ether oxygens (including phenoxy) is 2. The topological polar surface area (TPSA) is 125 Å². The first-order valence-corrected chi connectivity index (χ1v) is 10.3. The van der Waals surface area contributed by atoms with Gasteiger partial charge in [0.05, 0.1) is 6.61 Å². The average molecular weight is 417 g/mol. The molecule has 1 aromatic carbocycles. The lowest BCUT2D eigenvalue weighted by molar-refractivity contribution is -0.131. The number of aromatic nitrogens is 4. The molecule has 0 fully saturated rings. The zero-order valence-corrected chi connectivity index (χ0v) is 17.1. The number of hydrogen-bond donors (Lipinski definition) is 2. The molecule has 0 saturated carbocycles. The maximum atomic E-state index is 12.4. The number of nitrogens with two attached hydrogens (primary N) is 1. The number of H-pyrrole nitrogens is 1. The molecule has 3 N–H and O–H groups in total. The number of fused-ring (bicyclic) bond motifs is 1. The van der Waals surface area contributed by atoms with E-state index in [1.54, 1.807) is 12.1 Å². The summed E-state index contributed by atoms with van der Waals surface area (Å²) in [7, 11) is 0. The Hall–Kier alpha value is -3.01. The highest BCUT2D eigenvalue weighted by Gasteiger charge is 2.14. The summed E-state index contributed by atoms with van der Waals surface area (Å²) < 4.78 is 12.2. The van der Waals surface area contributed by atoms with Crippen molar-refractivity contribution in [2.45, 2.75) is 38.1 Å². The molecule has 0 atom stereocenters. The lowest BCUT2D eigenvalue weighted by atomic mass is 10.3. The van der Waals surface area contributed by atoms with Crippen molar-refractivity contribution in [3.8, 4) is 11.8 Å². The van der Waals surface area contributed by atoms with Crippen molar-refractivity contribution in [1.82, 2.24) is 19.5 Å². The number of carbonyl (C=O) groups is 1. The van der Waals surface area contributed by atoms with Gasteiger partial charge in [-0.15, -0.1) is 11.8 Å². The highest BCUT2D eigenvalue weighted by molar-refractivity contribution is 7.99. The Labute approximate surface area is 171 Å². The van der Waals surface area contributed by atoms with E-state index in [2.05, 4.69) is 21.9 Å². The summed E-state index contributed by atoms with van der Waals surface area (Å²) in [5.74, 6) is 0.902. The van der Waals surface area contributed by atoms with Gasteiger partial charge in [-0.25, -0.2) is 4.79 Å². The van der Waals surface area contributed by atoms with E-state index in [1.165, 1.54) is 23.3 Å². The summed E-state index contributed by atoms with van der Waals surface area (Å²) >= 11 is 1.53. The highest BCUT2D eigenvalue weighted by atomic mass is 32.2. The Morgan fingerprint density at radius 3 is 2.93 bits per heavy atom. The van der Waals surface area contributed by atoms with Crippen LogP contribution >= 0.6 is 11.8 Å². The van der Waals surface area contributed by atoms with Gasteiger partial charge in [-0.05, 0) is 24.6 Å². The fourth-order valence-corrected chi connectivity index (χ4v) is 3.54. The Kier molecular flexibility index (Phi) is 6.76. The summed E-state index contributed by atoms with van der Waals surface area (Å²) in [6, 6.07) is 7.39. The van der Waals surface area contributed by atoms with Crippen molar-refractivity contribution in [3.63, 3.8) is 0 Å². The van der Waals surface area contributed by atoms with Gasteiger partial charge >= 0.3 is 17.7 Å². The average Bonchev–Trinajstić information content (AvgIpc) is 2.98. The lowest BCUT2D eigenvalue weighted by Crippen LogP contribution is -2.18. The first kappa shape index (κ1) is 20.7. The standard InChI is InChI=1S/C19H23N5O4S/c1-3-4-9-27-18-22-16(20)15-17(23-18)24(19(26)21-15)8-10-29-14-7-5-6-13(11-14)28-12(2)25/h5-7,11H,3-4,8-10H2,1-2H3,(H,21,26)(H2,20,22,23). The number of nitrogen functional groups attached to an aromatic ring is 1. The number of rotatable bonds is 9. The Morgan fingerprint density at radius 1 is 1.34 bits per heavy atom. The number of aromatic amines is 1. The second-order valence-electron chi connectivity index (χ2n) is 6.29. The number of benzene rings is 1. The molecule has 10 heteroatoms. The van der Waals surface area contributed by atoms with Crippen LogP contribution in [0.15, 0.2) is 34.0 Å². The number of anilines is 1. The van der Waals surface area contributed by atoms with Crippen molar-refractivity contribution in [3.05, 3.63) is 34.7 Å². The molecule has 2 aromatic heterocycles. The van der Waals surface area contributed by atoms with Crippen LogP contribution < -0.4 is 20.9 Å². The molecule has 29 heavy (non-hydrogen) atoms. The maximum Gasteiger partial charge on any atom is 0.327 e. The van der Waals surface area contributed by atoms with E-state index in [1.807, 2.05) is 12.1 Å². The molecule has 0 radical (unpaired) electrons. The van der Waals surface area contributed by atoms with Crippen molar-refractivity contribution < 1.29 is 14.3 Å². The van der Waals surface area contributed by atoms with Gasteiger partial charge in [-0.2, -0.15) is 9.97 Å². The molecule has 3 rings (SSSR count). The first-order chi connectivity index (χ1) is 14.0. The van der Waals surface area contributed by atoms with E-state index >= 15 is 0 Å². The van der Waals surface area contributed by atoms with Crippen LogP contribution in [-0.4, -0.2) is 37.8 Å². The molecule has 154 valence electrons. The number of nitrogens with one attached hydrogen (secondary N) is 1. The van der Waals surface area contributed by atoms with Gasteiger partial charge in [-0.3, -0.25) is 9.36 Å². The molecule has 0 aliphatic heterocycles. The fraction of sp³-hybridized carbons (Fsp3) is 0.368. The van der Waals surface area contributed by atoms with E-state index in [0.29, 0.717) is 35.8 Å². The van der Waals surface area contributed by atoms with E-state index in [0.717, 1.165) is 17.7 Å². The zero-order valence-electron chi connectivity index (χ0n) is 16.3. The minimum atomic E-state index is -0.369. The van der Waals surface area contributed by atoms with Crippen molar-refractivity contribution in [2.24, 2.45) is 0 Å². The summed E-state index contributed by atoms with van der Waals surface area (Å²) in [6.45, 7) is 4.32.